The van der Waals surface area contributed by atoms with Gasteiger partial charge in [-0.2, -0.15) is 0 Å². The molecule has 1 N–H and O–H groups in total. The summed E-state index contributed by atoms with van der Waals surface area (Å²) in [7, 11) is -1.68. The van der Waals surface area contributed by atoms with Crippen LogP contribution in [-0.2, 0) is 21.2 Å². The molecule has 1 fully saturated rings. The van der Waals surface area contributed by atoms with Gasteiger partial charge in [-0.25, -0.2) is 8.42 Å². The molecule has 0 atom stereocenters. The van der Waals surface area contributed by atoms with Crippen molar-refractivity contribution in [3.8, 4) is 5.75 Å². The summed E-state index contributed by atoms with van der Waals surface area (Å²) in [5.74, 6) is 0.661. The molecule has 3 rings (SSSR count). The summed E-state index contributed by atoms with van der Waals surface area (Å²) >= 11 is 6.23. The monoisotopic (exact) mass is 394 g/mol. The zero-order valence-corrected chi connectivity index (χ0v) is 15.8. The van der Waals surface area contributed by atoms with E-state index in [1.54, 1.807) is 37.4 Å². The van der Waals surface area contributed by atoms with Crippen LogP contribution >= 0.6 is 11.6 Å². The lowest BCUT2D eigenvalue weighted by Crippen LogP contribution is -2.25. The Bertz CT molecular complexity index is 913. The van der Waals surface area contributed by atoms with Crippen molar-refractivity contribution in [2.24, 2.45) is 0 Å². The van der Waals surface area contributed by atoms with Crippen molar-refractivity contribution < 1.29 is 17.9 Å². The molecule has 1 amide bonds. The highest BCUT2D eigenvalue weighted by Gasteiger charge is 2.28. The molecular formula is C18H19ClN2O4S. The second kappa shape index (κ2) is 7.55. The van der Waals surface area contributed by atoms with Crippen molar-refractivity contribution in [1.29, 1.82) is 0 Å². The van der Waals surface area contributed by atoms with Gasteiger partial charge in [-0.05, 0) is 42.3 Å². The van der Waals surface area contributed by atoms with Gasteiger partial charge in [0.1, 0.15) is 5.75 Å². The summed E-state index contributed by atoms with van der Waals surface area (Å²) in [5.41, 5.74) is 1.81. The molecule has 6 nitrogen and oxygen atoms in total. The van der Waals surface area contributed by atoms with Crippen LogP contribution in [0.5, 0.6) is 5.75 Å². The molecule has 0 spiro atoms. The van der Waals surface area contributed by atoms with Crippen molar-refractivity contribution in [3.05, 3.63) is 53.1 Å². The van der Waals surface area contributed by atoms with E-state index < -0.39 is 10.0 Å². The molecule has 0 aromatic heterocycles. The minimum Gasteiger partial charge on any atom is -0.497 e. The fourth-order valence-corrected chi connectivity index (χ4v) is 4.59. The quantitative estimate of drug-likeness (QED) is 0.845. The molecule has 1 saturated heterocycles. The molecular weight excluding hydrogens is 376 g/mol. The Morgan fingerprint density at radius 2 is 1.96 bits per heavy atom. The topological polar surface area (TPSA) is 75.7 Å². The highest BCUT2D eigenvalue weighted by molar-refractivity contribution is 7.93. The fourth-order valence-electron chi connectivity index (χ4n) is 2.81. The van der Waals surface area contributed by atoms with Gasteiger partial charge in [0.2, 0.25) is 15.9 Å². The second-order valence-corrected chi connectivity index (χ2v) is 8.40. The summed E-state index contributed by atoms with van der Waals surface area (Å²) in [6.45, 7) is 0.446. The van der Waals surface area contributed by atoms with Crippen LogP contribution in [0.25, 0.3) is 0 Å². The van der Waals surface area contributed by atoms with E-state index in [-0.39, 0.29) is 18.1 Å². The molecule has 26 heavy (non-hydrogen) atoms. The summed E-state index contributed by atoms with van der Waals surface area (Å²) in [6.07, 6.45) is 0.795. The van der Waals surface area contributed by atoms with Crippen LogP contribution in [0.2, 0.25) is 5.02 Å². The van der Waals surface area contributed by atoms with Crippen LogP contribution in [-0.4, -0.2) is 33.7 Å². The van der Waals surface area contributed by atoms with Gasteiger partial charge in [-0.1, -0.05) is 23.7 Å². The highest BCUT2D eigenvalue weighted by Crippen LogP contribution is 2.31. The molecule has 8 heteroatoms. The molecule has 2 aromatic rings. The number of methoxy groups -OCH3 is 1. The first-order valence-corrected chi connectivity index (χ1v) is 10.1. The van der Waals surface area contributed by atoms with E-state index >= 15 is 0 Å². The Labute approximate surface area is 157 Å². The van der Waals surface area contributed by atoms with Gasteiger partial charge in [0.15, 0.2) is 0 Å². The standard InChI is InChI=1S/C18H19ClN2O4S/c1-25-15-6-3-13(4-7-15)11-18(22)20-17-8-5-14(12-16(17)19)21-9-2-10-26(21,23)24/h3-8,12H,2,9-11H2,1H3,(H,20,22). The number of sulfonamides is 1. The number of nitrogens with one attached hydrogen (secondary N) is 1. The summed E-state index contributed by atoms with van der Waals surface area (Å²) < 4.78 is 30.4. The Balaban J connectivity index is 1.68. The van der Waals surface area contributed by atoms with Gasteiger partial charge >= 0.3 is 0 Å². The summed E-state index contributed by atoms with van der Waals surface area (Å²) in [6, 6.07) is 12.1. The van der Waals surface area contributed by atoms with E-state index in [2.05, 4.69) is 5.32 Å². The molecule has 0 unspecified atom stereocenters. The van der Waals surface area contributed by atoms with E-state index in [0.29, 0.717) is 29.4 Å². The summed E-state index contributed by atoms with van der Waals surface area (Å²) in [4.78, 5) is 12.2. The molecule has 0 bridgehead atoms. The number of anilines is 2. The lowest BCUT2D eigenvalue weighted by Gasteiger charge is -2.18. The molecule has 0 aliphatic carbocycles. The fraction of sp³-hybridized carbons (Fsp3) is 0.278. The van der Waals surface area contributed by atoms with Crippen molar-refractivity contribution >= 4 is 38.9 Å². The molecule has 1 aliphatic heterocycles. The molecule has 0 radical (unpaired) electrons. The van der Waals surface area contributed by atoms with Crippen molar-refractivity contribution in [1.82, 2.24) is 0 Å². The number of nitrogens with zero attached hydrogens (tertiary/aromatic N) is 1. The number of rotatable bonds is 5. The first-order chi connectivity index (χ1) is 12.4. The average molecular weight is 395 g/mol. The van der Waals surface area contributed by atoms with Crippen LogP contribution in [0.3, 0.4) is 0 Å². The van der Waals surface area contributed by atoms with E-state index in [4.69, 9.17) is 16.3 Å². The number of carbonyl (C=O) groups is 1. The largest absolute Gasteiger partial charge is 0.497 e. The molecule has 1 aliphatic rings. The number of halogens is 1. The predicted molar refractivity (Wildman–Crippen MR) is 103 cm³/mol. The maximum absolute atomic E-state index is 12.2. The Kier molecular flexibility index (Phi) is 5.38. The predicted octanol–water partition coefficient (Wildman–Crippen LogP) is 3.07. The number of hydrogen-bond acceptors (Lipinski definition) is 4. The van der Waals surface area contributed by atoms with Crippen LogP contribution < -0.4 is 14.4 Å². The number of hydrogen-bond donors (Lipinski definition) is 1. The van der Waals surface area contributed by atoms with Crippen LogP contribution in [0.4, 0.5) is 11.4 Å². The minimum atomic E-state index is -3.26. The lowest BCUT2D eigenvalue weighted by atomic mass is 10.1. The zero-order valence-electron chi connectivity index (χ0n) is 14.2. The third-order valence-corrected chi connectivity index (χ3v) is 6.32. The second-order valence-electron chi connectivity index (χ2n) is 5.98. The van der Waals surface area contributed by atoms with E-state index in [1.807, 2.05) is 12.1 Å². The molecule has 138 valence electrons. The zero-order chi connectivity index (χ0) is 18.7. The van der Waals surface area contributed by atoms with Crippen LogP contribution in [0, 0.1) is 0 Å². The maximum atomic E-state index is 12.2. The van der Waals surface area contributed by atoms with Gasteiger partial charge in [0.25, 0.3) is 0 Å². The van der Waals surface area contributed by atoms with Crippen LogP contribution in [0.1, 0.15) is 12.0 Å². The number of carbonyl (C=O) groups excluding carboxylic acids is 1. The van der Waals surface area contributed by atoms with E-state index in [0.717, 1.165) is 11.3 Å². The molecule has 2 aromatic carbocycles. The van der Waals surface area contributed by atoms with E-state index in [1.165, 1.54) is 4.31 Å². The number of benzene rings is 2. The van der Waals surface area contributed by atoms with Gasteiger partial charge in [-0.15, -0.1) is 0 Å². The first-order valence-electron chi connectivity index (χ1n) is 8.12. The van der Waals surface area contributed by atoms with Crippen molar-refractivity contribution in [2.75, 3.05) is 29.0 Å². The third-order valence-electron chi connectivity index (χ3n) is 4.14. The number of amides is 1. The van der Waals surface area contributed by atoms with E-state index in [9.17, 15) is 13.2 Å². The maximum Gasteiger partial charge on any atom is 0.235 e. The lowest BCUT2D eigenvalue weighted by molar-refractivity contribution is -0.115. The first kappa shape index (κ1) is 18.5. The van der Waals surface area contributed by atoms with Gasteiger partial charge < -0.3 is 10.1 Å². The SMILES string of the molecule is COc1ccc(CC(=O)Nc2ccc(N3CCCS3(=O)=O)cc2Cl)cc1. The van der Waals surface area contributed by atoms with Gasteiger partial charge in [0, 0.05) is 6.54 Å². The third kappa shape index (κ3) is 4.11. The van der Waals surface area contributed by atoms with Crippen LogP contribution in [0.15, 0.2) is 42.5 Å². The normalized spacial score (nSPS) is 15.7. The average Bonchev–Trinajstić information content (AvgIpc) is 2.96. The highest BCUT2D eigenvalue weighted by atomic mass is 35.5. The minimum absolute atomic E-state index is 0.144. The smallest absolute Gasteiger partial charge is 0.235 e. The number of ether oxygens (including phenoxy) is 1. The van der Waals surface area contributed by atoms with Gasteiger partial charge in [-0.3, -0.25) is 9.10 Å². The van der Waals surface area contributed by atoms with Crippen molar-refractivity contribution in [2.45, 2.75) is 12.8 Å². The molecule has 1 heterocycles. The Hall–Kier alpha value is -2.25. The Morgan fingerprint density at radius 3 is 2.54 bits per heavy atom. The van der Waals surface area contributed by atoms with Gasteiger partial charge in [0.05, 0.1) is 35.7 Å². The Morgan fingerprint density at radius 1 is 1.23 bits per heavy atom. The van der Waals surface area contributed by atoms with Crippen molar-refractivity contribution in [3.63, 3.8) is 0 Å². The molecule has 0 saturated carbocycles. The summed E-state index contributed by atoms with van der Waals surface area (Å²) in [5, 5.41) is 3.05.